The van der Waals surface area contributed by atoms with E-state index in [9.17, 15) is 8.42 Å². The Morgan fingerprint density at radius 2 is 1.67 bits per heavy atom. The van der Waals surface area contributed by atoms with Gasteiger partial charge in [-0.25, -0.2) is 12.7 Å². The van der Waals surface area contributed by atoms with E-state index in [1.165, 1.54) is 9.87 Å². The fourth-order valence-corrected chi connectivity index (χ4v) is 3.91. The molecule has 0 aromatic heterocycles. The molecular weight excluding hydrogens is 395 g/mol. The van der Waals surface area contributed by atoms with E-state index in [2.05, 4.69) is 20.8 Å². The van der Waals surface area contributed by atoms with Crippen molar-refractivity contribution in [2.24, 2.45) is 0 Å². The molecule has 0 saturated carbocycles. The first-order valence-corrected chi connectivity index (χ1v) is 9.14. The van der Waals surface area contributed by atoms with Gasteiger partial charge in [-0.05, 0) is 30.7 Å². The summed E-state index contributed by atoms with van der Waals surface area (Å²) in [7, 11) is -2.06. The van der Waals surface area contributed by atoms with Crippen molar-refractivity contribution in [3.8, 4) is 11.1 Å². The molecule has 5 heteroatoms. The second-order valence-corrected chi connectivity index (χ2v) is 7.48. The third-order valence-corrected chi connectivity index (χ3v) is 6.03. The fourth-order valence-electron chi connectivity index (χ4n) is 2.38. The molecule has 2 rings (SSSR count). The molecule has 0 amide bonds. The summed E-state index contributed by atoms with van der Waals surface area (Å²) in [5, 5.41) is 0. The summed E-state index contributed by atoms with van der Waals surface area (Å²) in [6.07, 6.45) is 1.37. The molecule has 0 saturated heterocycles. The van der Waals surface area contributed by atoms with Gasteiger partial charge in [-0.2, -0.15) is 6.42 Å². The van der Waals surface area contributed by atoms with Gasteiger partial charge in [0, 0.05) is 38.3 Å². The number of nitrogens with zero attached hydrogens (tertiary/aromatic N) is 1. The van der Waals surface area contributed by atoms with Gasteiger partial charge in [-0.15, -0.1) is 6.04 Å². The molecule has 2 aromatic rings. The van der Waals surface area contributed by atoms with Crippen LogP contribution in [0.5, 0.6) is 0 Å². The molecular formula is C19H23NO2SY-2. The SMILES string of the molecule is [CH2-]CC([CH2-])N(C)S(=O)(=O)c1ccccc1-c1ccc(CC)cc1.[Y]. The molecule has 0 aliphatic rings. The Morgan fingerprint density at radius 3 is 2.21 bits per heavy atom. The average molecular weight is 418 g/mol. The van der Waals surface area contributed by atoms with E-state index in [1.54, 1.807) is 19.2 Å². The average Bonchev–Trinajstić information content (AvgIpc) is 2.60. The minimum Gasteiger partial charge on any atom is -0.344 e. The summed E-state index contributed by atoms with van der Waals surface area (Å²) >= 11 is 0. The van der Waals surface area contributed by atoms with Crippen molar-refractivity contribution in [3.05, 3.63) is 67.9 Å². The Kier molecular flexibility index (Phi) is 8.27. The number of benzene rings is 2. The number of sulfonamides is 1. The molecule has 2 aromatic carbocycles. The Balaban J connectivity index is 0.00000288. The molecule has 0 heterocycles. The molecule has 1 unspecified atom stereocenters. The third kappa shape index (κ3) is 4.54. The molecule has 0 aliphatic heterocycles. The molecule has 0 fully saturated rings. The molecule has 24 heavy (non-hydrogen) atoms. The van der Waals surface area contributed by atoms with Gasteiger partial charge in [0.05, 0.1) is 4.90 Å². The maximum Gasteiger partial charge on any atom is 0.241 e. The fraction of sp³-hybridized carbons (Fsp3) is 0.263. The quantitative estimate of drug-likeness (QED) is 0.666. The minimum absolute atomic E-state index is 0. The molecule has 1 atom stereocenters. The van der Waals surface area contributed by atoms with E-state index in [0.29, 0.717) is 16.9 Å². The van der Waals surface area contributed by atoms with Gasteiger partial charge in [0.15, 0.2) is 0 Å². The molecule has 1 radical (unpaired) electrons. The summed E-state index contributed by atoms with van der Waals surface area (Å²) in [6, 6.07) is 14.7. The van der Waals surface area contributed by atoms with E-state index >= 15 is 0 Å². The van der Waals surface area contributed by atoms with Crippen LogP contribution >= 0.6 is 0 Å². The smallest absolute Gasteiger partial charge is 0.241 e. The van der Waals surface area contributed by atoms with Crippen LogP contribution < -0.4 is 0 Å². The zero-order valence-corrected chi connectivity index (χ0v) is 17.9. The van der Waals surface area contributed by atoms with Crippen molar-refractivity contribution >= 4 is 10.0 Å². The summed E-state index contributed by atoms with van der Waals surface area (Å²) in [4.78, 5) is 0.300. The van der Waals surface area contributed by atoms with Crippen LogP contribution in [0.1, 0.15) is 18.9 Å². The first-order valence-electron chi connectivity index (χ1n) is 7.70. The van der Waals surface area contributed by atoms with E-state index in [1.807, 2.05) is 36.4 Å². The third-order valence-electron chi connectivity index (χ3n) is 4.06. The van der Waals surface area contributed by atoms with E-state index < -0.39 is 16.1 Å². The van der Waals surface area contributed by atoms with Crippen LogP contribution in [0, 0.1) is 13.8 Å². The van der Waals surface area contributed by atoms with Crippen LogP contribution in [0.2, 0.25) is 0 Å². The minimum atomic E-state index is -3.61. The summed E-state index contributed by atoms with van der Waals surface area (Å²) in [6.45, 7) is 9.70. The normalized spacial score (nSPS) is 12.7. The van der Waals surface area contributed by atoms with Crippen molar-refractivity contribution in [1.29, 1.82) is 0 Å². The monoisotopic (exact) mass is 418 g/mol. The summed E-state index contributed by atoms with van der Waals surface area (Å²) in [5.74, 6) is 0. The van der Waals surface area contributed by atoms with Gasteiger partial charge in [0.1, 0.15) is 0 Å². The van der Waals surface area contributed by atoms with Crippen LogP contribution in [0.3, 0.4) is 0 Å². The second kappa shape index (κ2) is 9.23. The topological polar surface area (TPSA) is 37.4 Å². The standard InChI is InChI=1S/C19H23NO2S.Y/c1-5-15(3)20(4)23(21,22)19-10-8-7-9-18(19)17-13-11-16(6-2)12-14-17;/h7-15H,1,3,5-6H2,2,4H3;/q-2;. The van der Waals surface area contributed by atoms with Crippen molar-refractivity contribution in [2.75, 3.05) is 7.05 Å². The first kappa shape index (κ1) is 21.5. The molecule has 3 nitrogen and oxygen atoms in total. The van der Waals surface area contributed by atoms with Gasteiger partial charge < -0.3 is 13.8 Å². The van der Waals surface area contributed by atoms with Crippen molar-refractivity contribution in [2.45, 2.75) is 30.7 Å². The van der Waals surface area contributed by atoms with Crippen molar-refractivity contribution in [3.63, 3.8) is 0 Å². The number of hydrogen-bond donors (Lipinski definition) is 0. The first-order chi connectivity index (χ1) is 10.9. The Bertz CT molecular complexity index is 757. The van der Waals surface area contributed by atoms with Gasteiger partial charge in [-0.1, -0.05) is 49.4 Å². The van der Waals surface area contributed by atoms with Gasteiger partial charge in [0.25, 0.3) is 0 Å². The van der Waals surface area contributed by atoms with Crippen LogP contribution in [-0.4, -0.2) is 25.8 Å². The van der Waals surface area contributed by atoms with Crippen molar-refractivity contribution < 1.29 is 41.1 Å². The predicted molar refractivity (Wildman–Crippen MR) is 95.3 cm³/mol. The summed E-state index contributed by atoms with van der Waals surface area (Å²) < 4.78 is 27.1. The molecule has 127 valence electrons. The summed E-state index contributed by atoms with van der Waals surface area (Å²) in [5.41, 5.74) is 2.82. The van der Waals surface area contributed by atoms with Crippen LogP contribution in [-0.2, 0) is 49.2 Å². The zero-order valence-electron chi connectivity index (χ0n) is 14.3. The molecule has 0 bridgehead atoms. The maximum atomic E-state index is 12.9. The van der Waals surface area contributed by atoms with Crippen LogP contribution in [0.25, 0.3) is 11.1 Å². The van der Waals surface area contributed by atoms with Gasteiger partial charge in [-0.3, -0.25) is 0 Å². The maximum absolute atomic E-state index is 12.9. The Labute approximate surface area is 171 Å². The van der Waals surface area contributed by atoms with Crippen LogP contribution in [0.15, 0.2) is 53.4 Å². The van der Waals surface area contributed by atoms with Crippen molar-refractivity contribution in [1.82, 2.24) is 4.31 Å². The molecule has 0 spiro atoms. The zero-order chi connectivity index (χ0) is 17.0. The van der Waals surface area contributed by atoms with Gasteiger partial charge >= 0.3 is 0 Å². The number of rotatable bonds is 6. The van der Waals surface area contributed by atoms with E-state index in [4.69, 9.17) is 0 Å². The number of aryl methyl sites for hydroxylation is 1. The molecule has 0 aliphatic carbocycles. The molecule has 0 N–H and O–H groups in total. The van der Waals surface area contributed by atoms with Crippen LogP contribution in [0.4, 0.5) is 0 Å². The number of hydrogen-bond acceptors (Lipinski definition) is 2. The van der Waals surface area contributed by atoms with Gasteiger partial charge in [0.2, 0.25) is 10.0 Å². The Hall–Kier alpha value is -0.546. The predicted octanol–water partition coefficient (Wildman–Crippen LogP) is 3.96. The van der Waals surface area contributed by atoms with E-state index in [0.717, 1.165) is 12.0 Å². The Morgan fingerprint density at radius 1 is 1.08 bits per heavy atom. The second-order valence-electron chi connectivity index (χ2n) is 5.51. The van der Waals surface area contributed by atoms with E-state index in [-0.39, 0.29) is 32.7 Å². The largest absolute Gasteiger partial charge is 0.344 e.